The van der Waals surface area contributed by atoms with Gasteiger partial charge in [0.05, 0.1) is 9.85 Å². The van der Waals surface area contributed by atoms with Gasteiger partial charge in [-0.15, -0.1) is 0 Å². The number of nitro groups is 2. The number of nitrogens with zero attached hydrogens (tertiary/aromatic N) is 4. The number of rotatable bonds is 2. The van der Waals surface area contributed by atoms with Crippen LogP contribution in [0, 0.1) is 53.3 Å². The predicted molar refractivity (Wildman–Crippen MR) is 79.2 cm³/mol. The van der Waals surface area contributed by atoms with Crippen molar-refractivity contribution in [3.8, 4) is 12.1 Å². The van der Waals surface area contributed by atoms with Gasteiger partial charge in [-0.1, -0.05) is 11.3 Å². The van der Waals surface area contributed by atoms with Crippen molar-refractivity contribution in [1.82, 2.24) is 0 Å². The molecule has 0 saturated heterocycles. The van der Waals surface area contributed by atoms with E-state index in [0.717, 1.165) is 17.4 Å². The molecule has 0 fully saturated rings. The highest BCUT2D eigenvalue weighted by atomic mass is 32.1. The van der Waals surface area contributed by atoms with Crippen LogP contribution in [0.5, 0.6) is 0 Å². The molecule has 9 heteroatoms. The lowest BCUT2D eigenvalue weighted by Gasteiger charge is -1.97. The summed E-state index contributed by atoms with van der Waals surface area (Å²) in [4.78, 5) is 20.8. The Bertz CT molecular complexity index is 1180. The van der Waals surface area contributed by atoms with E-state index in [1.54, 1.807) is 18.2 Å². The summed E-state index contributed by atoms with van der Waals surface area (Å²) >= 11 is 0.937. The smallest absolute Gasteiger partial charge is 0.258 e. The van der Waals surface area contributed by atoms with Gasteiger partial charge >= 0.3 is 5.00 Å². The van der Waals surface area contributed by atoms with E-state index in [1.807, 2.05) is 0 Å². The first-order chi connectivity index (χ1) is 11.0. The van der Waals surface area contributed by atoms with Crippen molar-refractivity contribution in [1.29, 1.82) is 10.5 Å². The maximum atomic E-state index is 11.0. The molecule has 0 atom stereocenters. The lowest BCUT2D eigenvalue weighted by Crippen LogP contribution is -2.10. The van der Waals surface area contributed by atoms with Crippen LogP contribution in [0.25, 0.3) is 11.6 Å². The Kier molecular flexibility index (Phi) is 3.14. The van der Waals surface area contributed by atoms with Gasteiger partial charge in [0.1, 0.15) is 17.7 Å². The Labute approximate surface area is 131 Å². The first-order valence-corrected chi connectivity index (χ1v) is 6.91. The lowest BCUT2D eigenvalue weighted by molar-refractivity contribution is -0.385. The number of non-ortho nitro benzene ring substituents is 1. The molecule has 23 heavy (non-hydrogen) atoms. The predicted octanol–water partition coefficient (Wildman–Crippen LogP) is 1.19. The molecule has 1 aromatic carbocycles. The van der Waals surface area contributed by atoms with Gasteiger partial charge in [-0.2, -0.15) is 10.5 Å². The first kappa shape index (κ1) is 14.4. The van der Waals surface area contributed by atoms with Crippen LogP contribution >= 0.6 is 11.3 Å². The molecular formula is C14H4N4O4S. The molecular weight excluding hydrogens is 320 g/mol. The molecule has 110 valence electrons. The molecule has 0 spiro atoms. The minimum Gasteiger partial charge on any atom is -0.258 e. The summed E-state index contributed by atoms with van der Waals surface area (Å²) in [6.45, 7) is 0. The monoisotopic (exact) mass is 324 g/mol. The molecule has 0 saturated carbocycles. The average molecular weight is 324 g/mol. The van der Waals surface area contributed by atoms with Gasteiger partial charge in [0.15, 0.2) is 0 Å². The van der Waals surface area contributed by atoms with Gasteiger partial charge in [0.25, 0.3) is 5.69 Å². The zero-order valence-corrected chi connectivity index (χ0v) is 12.0. The van der Waals surface area contributed by atoms with Crippen LogP contribution in [0.3, 0.4) is 0 Å². The van der Waals surface area contributed by atoms with Crippen LogP contribution in [0.2, 0.25) is 0 Å². The third-order valence-corrected chi connectivity index (χ3v) is 4.37. The van der Waals surface area contributed by atoms with Gasteiger partial charge in [-0.25, -0.2) is 0 Å². The third-order valence-electron chi connectivity index (χ3n) is 3.34. The highest BCUT2D eigenvalue weighted by Crippen LogP contribution is 2.22. The molecule has 0 amide bonds. The maximum absolute atomic E-state index is 11.0. The van der Waals surface area contributed by atoms with Gasteiger partial charge in [0, 0.05) is 38.4 Å². The Morgan fingerprint density at radius 3 is 2.35 bits per heavy atom. The van der Waals surface area contributed by atoms with Crippen molar-refractivity contribution >= 4 is 33.7 Å². The Morgan fingerprint density at radius 2 is 1.78 bits per heavy atom. The fraction of sp³-hybridized carbons (Fsp3) is 0. The number of hydrogen-bond donors (Lipinski definition) is 0. The fourth-order valence-electron chi connectivity index (χ4n) is 2.44. The molecule has 3 rings (SSSR count). The van der Waals surface area contributed by atoms with Gasteiger partial charge in [-0.05, 0) is 11.6 Å². The second kappa shape index (κ2) is 5.02. The van der Waals surface area contributed by atoms with Crippen LogP contribution < -0.4 is 9.75 Å². The van der Waals surface area contributed by atoms with Crippen molar-refractivity contribution in [2.75, 3.05) is 0 Å². The molecule has 1 aliphatic rings. The van der Waals surface area contributed by atoms with Gasteiger partial charge in [0.2, 0.25) is 0 Å². The minimum atomic E-state index is -0.612. The van der Waals surface area contributed by atoms with E-state index in [2.05, 4.69) is 0 Å². The van der Waals surface area contributed by atoms with E-state index in [9.17, 15) is 20.2 Å². The minimum absolute atomic E-state index is 0.0725. The van der Waals surface area contributed by atoms with Crippen molar-refractivity contribution in [2.24, 2.45) is 0 Å². The molecule has 0 unspecified atom stereocenters. The Morgan fingerprint density at radius 1 is 1.09 bits per heavy atom. The molecule has 1 aliphatic carbocycles. The largest absolute Gasteiger partial charge is 0.325 e. The first-order valence-electron chi connectivity index (χ1n) is 6.09. The van der Waals surface area contributed by atoms with E-state index >= 15 is 0 Å². The second-order valence-electron chi connectivity index (χ2n) is 4.58. The number of thiophene rings is 1. The van der Waals surface area contributed by atoms with E-state index in [4.69, 9.17) is 10.5 Å². The number of fused-ring (bicyclic) bond motifs is 2. The van der Waals surface area contributed by atoms with Crippen LogP contribution in [0.15, 0.2) is 18.2 Å². The molecule has 0 N–H and O–H groups in total. The lowest BCUT2D eigenvalue weighted by atomic mass is 10.1. The molecule has 0 aliphatic heterocycles. The number of nitriles is 2. The van der Waals surface area contributed by atoms with Crippen LogP contribution in [-0.2, 0) is 0 Å². The quantitative estimate of drug-likeness (QED) is 0.513. The molecule has 2 aromatic rings. The number of hydrogen-bond acceptors (Lipinski definition) is 7. The van der Waals surface area contributed by atoms with Crippen molar-refractivity contribution in [3.05, 3.63) is 64.2 Å². The van der Waals surface area contributed by atoms with Gasteiger partial charge in [-0.3, -0.25) is 20.2 Å². The number of benzene rings is 1. The summed E-state index contributed by atoms with van der Waals surface area (Å²) in [6.07, 6.45) is 1.59. The van der Waals surface area contributed by atoms with Crippen LogP contribution in [-0.4, -0.2) is 9.85 Å². The second-order valence-corrected chi connectivity index (χ2v) is 5.64. The normalized spacial score (nSPS) is 10.7. The highest BCUT2D eigenvalue weighted by molar-refractivity contribution is 7.13. The summed E-state index contributed by atoms with van der Waals surface area (Å²) in [5, 5.41) is 41.1. The van der Waals surface area contributed by atoms with Crippen LogP contribution in [0.1, 0.15) is 5.56 Å². The average Bonchev–Trinajstić information content (AvgIpc) is 3.05. The van der Waals surface area contributed by atoms with Crippen molar-refractivity contribution in [3.63, 3.8) is 0 Å². The van der Waals surface area contributed by atoms with Crippen molar-refractivity contribution in [2.45, 2.75) is 0 Å². The van der Waals surface area contributed by atoms with Crippen LogP contribution in [0.4, 0.5) is 10.7 Å². The highest BCUT2D eigenvalue weighted by Gasteiger charge is 2.18. The Hall–Kier alpha value is -3.56. The topological polar surface area (TPSA) is 134 Å². The zero-order chi connectivity index (χ0) is 16.7. The third kappa shape index (κ3) is 2.12. The van der Waals surface area contributed by atoms with Gasteiger partial charge < -0.3 is 0 Å². The number of nitro benzene ring substituents is 1. The maximum Gasteiger partial charge on any atom is 0.325 e. The summed E-state index contributed by atoms with van der Waals surface area (Å²) in [6, 6.07) is 7.25. The van der Waals surface area contributed by atoms with E-state index in [-0.39, 0.29) is 21.5 Å². The molecule has 1 aromatic heterocycles. The van der Waals surface area contributed by atoms with E-state index < -0.39 is 9.85 Å². The van der Waals surface area contributed by atoms with Crippen molar-refractivity contribution < 1.29 is 9.85 Å². The summed E-state index contributed by atoms with van der Waals surface area (Å²) < 4.78 is 0.573. The van der Waals surface area contributed by atoms with E-state index in [1.165, 1.54) is 12.1 Å². The SMILES string of the molecule is N#CC(C#N)=c1cc([N+](=O)[O-])cc2c1=c1cc([N+](=O)[O-])sc1=C2. The standard InChI is InChI=1S/C14H4N4O4S/c15-5-8(6-16)10-3-9(17(19)20)1-7-2-12-11(14(7)10)4-13(23-12)18(21)22/h1-4H. The molecule has 0 bridgehead atoms. The van der Waals surface area contributed by atoms with E-state index in [0.29, 0.717) is 20.5 Å². The fourth-order valence-corrected chi connectivity index (χ4v) is 3.37. The summed E-state index contributed by atoms with van der Waals surface area (Å²) in [5.74, 6) is 0. The zero-order valence-electron chi connectivity index (χ0n) is 11.1. The molecule has 0 radical (unpaired) electrons. The molecule has 8 nitrogen and oxygen atoms in total. The molecule has 1 heterocycles. The Balaban J connectivity index is 2.62. The summed E-state index contributed by atoms with van der Waals surface area (Å²) in [5.41, 5.74) is -0.0592. The summed E-state index contributed by atoms with van der Waals surface area (Å²) in [7, 11) is 0.